The molecule has 0 spiro atoms. The third-order valence-electron chi connectivity index (χ3n) is 5.25. The van der Waals surface area contributed by atoms with Gasteiger partial charge in [0.25, 0.3) is 11.5 Å². The van der Waals surface area contributed by atoms with Crippen LogP contribution in [0.1, 0.15) is 16.1 Å². The van der Waals surface area contributed by atoms with E-state index in [4.69, 9.17) is 11.6 Å². The van der Waals surface area contributed by atoms with Gasteiger partial charge in [0, 0.05) is 23.0 Å². The highest BCUT2D eigenvalue weighted by molar-refractivity contribution is 6.30. The standard InChI is InChI=1S/C25H19ClN6O2.ClH/c26-16-9-7-15(8-10-16)24(33)31-20-6-3-5-19-22(20)32-23(30-19)21-18(11-13-28-25(21)34)29-14-17-4-1-2-12-27-17;/h1-13H,14H2,(H,30,32)(H,31,33)(H2,28,29,34);1H. The lowest BCUT2D eigenvalue weighted by molar-refractivity contribution is 0.102. The number of carbonyl (C=O) groups is 1. The van der Waals surface area contributed by atoms with E-state index in [0.29, 0.717) is 50.9 Å². The number of nitrogens with one attached hydrogen (secondary N) is 4. The average Bonchev–Trinajstić information content (AvgIpc) is 3.28. The summed E-state index contributed by atoms with van der Waals surface area (Å²) in [5, 5.41) is 6.70. The van der Waals surface area contributed by atoms with Crippen LogP contribution in [-0.2, 0) is 6.54 Å². The van der Waals surface area contributed by atoms with Crippen LogP contribution in [0.4, 0.5) is 11.4 Å². The number of amides is 1. The summed E-state index contributed by atoms with van der Waals surface area (Å²) in [6.07, 6.45) is 3.29. The highest BCUT2D eigenvalue weighted by atomic mass is 35.5. The fraction of sp³-hybridized carbons (Fsp3) is 0.0400. The summed E-state index contributed by atoms with van der Waals surface area (Å²) >= 11 is 5.92. The van der Waals surface area contributed by atoms with Crippen molar-refractivity contribution in [1.82, 2.24) is 19.9 Å². The summed E-state index contributed by atoms with van der Waals surface area (Å²) in [6, 6.07) is 19.4. The van der Waals surface area contributed by atoms with Crippen LogP contribution in [-0.4, -0.2) is 25.8 Å². The molecule has 10 heteroatoms. The van der Waals surface area contributed by atoms with Gasteiger partial charge in [0.2, 0.25) is 0 Å². The number of anilines is 2. The second-order valence-corrected chi connectivity index (χ2v) is 7.95. The predicted octanol–water partition coefficient (Wildman–Crippen LogP) is 5.25. The zero-order valence-corrected chi connectivity index (χ0v) is 19.8. The number of H-pyrrole nitrogens is 2. The lowest BCUT2D eigenvalue weighted by Crippen LogP contribution is -2.13. The van der Waals surface area contributed by atoms with Gasteiger partial charge in [-0.2, -0.15) is 0 Å². The molecule has 0 radical (unpaired) electrons. The van der Waals surface area contributed by atoms with Crippen LogP contribution in [0.15, 0.2) is 83.9 Å². The molecule has 0 fully saturated rings. The van der Waals surface area contributed by atoms with E-state index in [1.807, 2.05) is 24.3 Å². The van der Waals surface area contributed by atoms with Crippen LogP contribution in [0.3, 0.4) is 0 Å². The topological polar surface area (TPSA) is 116 Å². The summed E-state index contributed by atoms with van der Waals surface area (Å²) in [5.41, 5.74) is 3.74. The van der Waals surface area contributed by atoms with Crippen LogP contribution in [0.2, 0.25) is 5.02 Å². The van der Waals surface area contributed by atoms with Gasteiger partial charge in [-0.1, -0.05) is 23.7 Å². The first-order chi connectivity index (χ1) is 16.6. The van der Waals surface area contributed by atoms with E-state index in [9.17, 15) is 9.59 Å². The van der Waals surface area contributed by atoms with E-state index in [-0.39, 0.29) is 23.9 Å². The number of aromatic nitrogens is 4. The number of nitrogens with zero attached hydrogens (tertiary/aromatic N) is 2. The molecule has 176 valence electrons. The number of carbonyl (C=O) groups excluding carboxylic acids is 1. The normalized spacial score (nSPS) is 10.5. The molecule has 3 aromatic heterocycles. The summed E-state index contributed by atoms with van der Waals surface area (Å²) < 4.78 is 0. The molecule has 8 nitrogen and oxygen atoms in total. The quantitative estimate of drug-likeness (QED) is 0.251. The average molecular weight is 507 g/mol. The van der Waals surface area contributed by atoms with Crippen molar-refractivity contribution in [3.63, 3.8) is 0 Å². The second kappa shape index (κ2) is 10.4. The summed E-state index contributed by atoms with van der Waals surface area (Å²) in [7, 11) is 0. The van der Waals surface area contributed by atoms with Crippen LogP contribution in [0.25, 0.3) is 22.4 Å². The van der Waals surface area contributed by atoms with Crippen molar-refractivity contribution in [2.24, 2.45) is 0 Å². The first kappa shape index (κ1) is 24.0. The van der Waals surface area contributed by atoms with Gasteiger partial charge in [-0.3, -0.25) is 14.6 Å². The monoisotopic (exact) mass is 506 g/mol. The number of aromatic amines is 2. The molecule has 0 saturated heterocycles. The van der Waals surface area contributed by atoms with Crippen LogP contribution in [0.5, 0.6) is 0 Å². The molecule has 0 saturated carbocycles. The van der Waals surface area contributed by atoms with Gasteiger partial charge in [-0.15, -0.1) is 12.4 Å². The number of hydrogen-bond donors (Lipinski definition) is 4. The molecular weight excluding hydrogens is 487 g/mol. The van der Waals surface area contributed by atoms with E-state index in [2.05, 4.69) is 30.6 Å². The van der Waals surface area contributed by atoms with Gasteiger partial charge in [0.05, 0.1) is 29.1 Å². The Morgan fingerprint density at radius 1 is 0.971 bits per heavy atom. The van der Waals surface area contributed by atoms with Crippen molar-refractivity contribution in [2.75, 3.05) is 10.6 Å². The van der Waals surface area contributed by atoms with E-state index >= 15 is 0 Å². The third-order valence-corrected chi connectivity index (χ3v) is 5.50. The Hall–Kier alpha value is -4.14. The zero-order valence-electron chi connectivity index (χ0n) is 18.2. The van der Waals surface area contributed by atoms with Gasteiger partial charge in [0.1, 0.15) is 16.9 Å². The molecule has 2 aromatic carbocycles. The first-order valence-electron chi connectivity index (χ1n) is 10.5. The summed E-state index contributed by atoms with van der Waals surface area (Å²) in [6.45, 7) is 0.444. The molecule has 1 amide bonds. The molecule has 0 aliphatic carbocycles. The Kier molecular flexibility index (Phi) is 7.14. The predicted molar refractivity (Wildman–Crippen MR) is 140 cm³/mol. The number of benzene rings is 2. The van der Waals surface area contributed by atoms with E-state index in [1.54, 1.807) is 54.9 Å². The third kappa shape index (κ3) is 5.18. The maximum absolute atomic E-state index is 12.8. The number of rotatable bonds is 6. The smallest absolute Gasteiger partial charge is 0.261 e. The van der Waals surface area contributed by atoms with Gasteiger partial charge >= 0.3 is 0 Å². The number of imidazole rings is 1. The SMILES string of the molecule is Cl.O=C(Nc1cccc2[nH]c(-c3c(NCc4ccccn4)cc[nH]c3=O)nc12)c1ccc(Cl)cc1. The molecule has 0 aliphatic rings. The molecule has 5 aromatic rings. The zero-order chi connectivity index (χ0) is 23.5. The van der Waals surface area contributed by atoms with Gasteiger partial charge in [-0.05, 0) is 54.6 Å². The second-order valence-electron chi connectivity index (χ2n) is 7.52. The van der Waals surface area contributed by atoms with Crippen LogP contribution >= 0.6 is 24.0 Å². The van der Waals surface area contributed by atoms with Crippen LogP contribution < -0.4 is 16.2 Å². The van der Waals surface area contributed by atoms with E-state index in [1.165, 1.54) is 0 Å². The Bertz CT molecular complexity index is 1530. The minimum absolute atomic E-state index is 0. The minimum atomic E-state index is -0.295. The van der Waals surface area contributed by atoms with Crippen molar-refractivity contribution in [3.8, 4) is 11.4 Å². The van der Waals surface area contributed by atoms with Crippen LogP contribution in [0, 0.1) is 0 Å². The molecule has 0 unspecified atom stereocenters. The van der Waals surface area contributed by atoms with Crippen molar-refractivity contribution in [2.45, 2.75) is 6.54 Å². The van der Waals surface area contributed by atoms with E-state index in [0.717, 1.165) is 5.69 Å². The van der Waals surface area contributed by atoms with Crippen molar-refractivity contribution in [3.05, 3.63) is 106 Å². The van der Waals surface area contributed by atoms with E-state index < -0.39 is 0 Å². The fourth-order valence-electron chi connectivity index (χ4n) is 3.60. The van der Waals surface area contributed by atoms with Crippen molar-refractivity contribution in [1.29, 1.82) is 0 Å². The highest BCUT2D eigenvalue weighted by Gasteiger charge is 2.17. The summed E-state index contributed by atoms with van der Waals surface area (Å²) in [5.74, 6) is 0.0950. The fourth-order valence-corrected chi connectivity index (χ4v) is 3.72. The number of para-hydroxylation sites is 1. The Morgan fingerprint density at radius 2 is 1.80 bits per heavy atom. The molecule has 0 aliphatic heterocycles. The largest absolute Gasteiger partial charge is 0.379 e. The number of fused-ring (bicyclic) bond motifs is 1. The molecule has 3 heterocycles. The maximum atomic E-state index is 12.8. The molecular formula is C25H20Cl2N6O2. The lowest BCUT2D eigenvalue weighted by atomic mass is 10.2. The first-order valence-corrected chi connectivity index (χ1v) is 10.9. The molecule has 5 rings (SSSR count). The lowest BCUT2D eigenvalue weighted by Gasteiger charge is -2.09. The maximum Gasteiger partial charge on any atom is 0.261 e. The van der Waals surface area contributed by atoms with Crippen molar-refractivity contribution < 1.29 is 4.79 Å². The van der Waals surface area contributed by atoms with Gasteiger partial charge < -0.3 is 20.6 Å². The van der Waals surface area contributed by atoms with Crippen molar-refractivity contribution >= 4 is 52.3 Å². The minimum Gasteiger partial charge on any atom is -0.379 e. The van der Waals surface area contributed by atoms with Gasteiger partial charge in [0.15, 0.2) is 0 Å². The molecule has 4 N–H and O–H groups in total. The highest BCUT2D eigenvalue weighted by Crippen LogP contribution is 2.28. The molecule has 0 atom stereocenters. The molecule has 35 heavy (non-hydrogen) atoms. The number of hydrogen-bond acceptors (Lipinski definition) is 5. The summed E-state index contributed by atoms with van der Waals surface area (Å²) in [4.78, 5) is 40.3. The Balaban J connectivity index is 0.00000289. The molecule has 0 bridgehead atoms. The van der Waals surface area contributed by atoms with Gasteiger partial charge in [-0.25, -0.2) is 4.98 Å². The number of halogens is 2. The Morgan fingerprint density at radius 3 is 2.57 bits per heavy atom. The Labute approximate surface area is 211 Å². The number of pyridine rings is 2.